The molecule has 1 aliphatic rings. The molecule has 3 amide bonds. The third-order valence-electron chi connectivity index (χ3n) is 3.39. The van der Waals surface area contributed by atoms with Crippen LogP contribution in [-0.2, 0) is 4.79 Å². The molecule has 1 saturated heterocycles. The van der Waals surface area contributed by atoms with Crippen LogP contribution in [0, 0.1) is 13.8 Å². The summed E-state index contributed by atoms with van der Waals surface area (Å²) in [5.41, 5.74) is 2.12. The first kappa shape index (κ1) is 15.3. The molecule has 0 spiro atoms. The number of β-amino-alcohol motifs (C(OH)–C–C–N with tert-alkyl or cyclic N) is 1. The van der Waals surface area contributed by atoms with E-state index in [9.17, 15) is 14.7 Å². The van der Waals surface area contributed by atoms with Crippen LogP contribution in [0.2, 0.25) is 0 Å². The van der Waals surface area contributed by atoms with Gasteiger partial charge in [0.25, 0.3) is 0 Å². The maximum atomic E-state index is 11.7. The average Bonchev–Trinajstić information content (AvgIpc) is 2.64. The average molecular weight is 292 g/mol. The molecule has 6 heteroatoms. The van der Waals surface area contributed by atoms with E-state index in [0.717, 1.165) is 16.0 Å². The minimum atomic E-state index is -0.912. The van der Waals surface area contributed by atoms with Crippen LogP contribution < -0.4 is 4.74 Å². The second-order valence-electron chi connectivity index (χ2n) is 5.38. The van der Waals surface area contributed by atoms with Gasteiger partial charge in [0.15, 0.2) is 0 Å². The zero-order valence-electron chi connectivity index (χ0n) is 12.5. The van der Waals surface area contributed by atoms with Crippen molar-refractivity contribution in [3.8, 4) is 5.75 Å². The number of ether oxygens (including phenoxy) is 1. The van der Waals surface area contributed by atoms with E-state index >= 15 is 0 Å². The number of benzene rings is 1. The maximum absolute atomic E-state index is 11.7. The van der Waals surface area contributed by atoms with Crippen molar-refractivity contribution >= 4 is 11.9 Å². The molecule has 114 valence electrons. The van der Waals surface area contributed by atoms with Crippen molar-refractivity contribution in [1.82, 2.24) is 9.80 Å². The number of hydrogen-bond acceptors (Lipinski definition) is 4. The Morgan fingerprint density at radius 3 is 2.62 bits per heavy atom. The fourth-order valence-corrected chi connectivity index (χ4v) is 2.26. The summed E-state index contributed by atoms with van der Waals surface area (Å²) in [5, 5.41) is 9.95. The van der Waals surface area contributed by atoms with Crippen molar-refractivity contribution in [3.05, 3.63) is 29.3 Å². The lowest BCUT2D eigenvalue weighted by molar-refractivity contribution is -0.126. The van der Waals surface area contributed by atoms with Crippen molar-refractivity contribution in [2.45, 2.75) is 20.0 Å². The number of aryl methyl sites for hydroxylation is 2. The molecule has 0 saturated carbocycles. The molecule has 1 atom stereocenters. The topological polar surface area (TPSA) is 70.1 Å². The molecular weight excluding hydrogens is 272 g/mol. The van der Waals surface area contributed by atoms with Crippen LogP contribution in [0.1, 0.15) is 11.1 Å². The lowest BCUT2D eigenvalue weighted by atomic mass is 10.1. The van der Waals surface area contributed by atoms with Crippen LogP contribution in [-0.4, -0.2) is 59.7 Å². The van der Waals surface area contributed by atoms with E-state index in [2.05, 4.69) is 0 Å². The van der Waals surface area contributed by atoms with Crippen LogP contribution in [0.4, 0.5) is 4.79 Å². The molecule has 6 nitrogen and oxygen atoms in total. The fourth-order valence-electron chi connectivity index (χ4n) is 2.26. The number of aliphatic hydroxyl groups excluding tert-OH is 1. The highest BCUT2D eigenvalue weighted by molar-refractivity contribution is 6.01. The second kappa shape index (κ2) is 6.13. The molecule has 0 bridgehead atoms. The number of likely N-dealkylation sites (N-methyl/N-ethyl adjacent to an activating group) is 1. The number of carbonyl (C=O) groups excluding carboxylic acids is 2. The summed E-state index contributed by atoms with van der Waals surface area (Å²) in [6.07, 6.45) is -0.912. The molecule has 1 fully saturated rings. The standard InChI is InChI=1S/C15H20N2O4/c1-10-4-5-13(11(2)6-10)21-9-12(18)7-17-14(19)8-16(3)15(17)20/h4-6,12,18H,7-9H2,1-3H3. The summed E-state index contributed by atoms with van der Waals surface area (Å²) in [6, 6.07) is 5.38. The Bertz CT molecular complexity index is 559. The monoisotopic (exact) mass is 292 g/mol. The highest BCUT2D eigenvalue weighted by Crippen LogP contribution is 2.19. The van der Waals surface area contributed by atoms with E-state index < -0.39 is 6.10 Å². The molecular formula is C15H20N2O4. The number of imide groups is 1. The van der Waals surface area contributed by atoms with E-state index in [-0.39, 0.29) is 31.6 Å². The number of carbonyl (C=O) groups is 2. The molecule has 1 aromatic rings. The number of rotatable bonds is 5. The smallest absolute Gasteiger partial charge is 0.327 e. The molecule has 1 unspecified atom stereocenters. The van der Waals surface area contributed by atoms with Crippen molar-refractivity contribution in [2.24, 2.45) is 0 Å². The molecule has 0 aromatic heterocycles. The van der Waals surface area contributed by atoms with Gasteiger partial charge < -0.3 is 14.7 Å². The Hall–Kier alpha value is -2.08. The molecule has 21 heavy (non-hydrogen) atoms. The minimum absolute atomic E-state index is 0.0324. The number of nitrogens with zero attached hydrogens (tertiary/aromatic N) is 2. The number of hydrogen-bond donors (Lipinski definition) is 1. The first-order valence-electron chi connectivity index (χ1n) is 6.82. The summed E-state index contributed by atoms with van der Waals surface area (Å²) in [6.45, 7) is 3.96. The largest absolute Gasteiger partial charge is 0.491 e. The maximum Gasteiger partial charge on any atom is 0.327 e. The van der Waals surface area contributed by atoms with Crippen molar-refractivity contribution in [3.63, 3.8) is 0 Å². The van der Waals surface area contributed by atoms with Crippen molar-refractivity contribution in [1.29, 1.82) is 0 Å². The summed E-state index contributed by atoms with van der Waals surface area (Å²) in [7, 11) is 1.55. The van der Waals surface area contributed by atoms with Gasteiger partial charge in [0, 0.05) is 7.05 Å². The van der Waals surface area contributed by atoms with Gasteiger partial charge in [0.05, 0.1) is 6.54 Å². The quantitative estimate of drug-likeness (QED) is 0.820. The zero-order chi connectivity index (χ0) is 15.6. The third kappa shape index (κ3) is 3.52. The number of urea groups is 1. The first-order valence-corrected chi connectivity index (χ1v) is 6.82. The zero-order valence-corrected chi connectivity index (χ0v) is 12.5. The molecule has 0 radical (unpaired) electrons. The van der Waals surface area contributed by atoms with Gasteiger partial charge in [-0.2, -0.15) is 0 Å². The van der Waals surface area contributed by atoms with Gasteiger partial charge in [0.1, 0.15) is 25.0 Å². The van der Waals surface area contributed by atoms with Crippen LogP contribution in [0.25, 0.3) is 0 Å². The molecule has 0 aliphatic carbocycles. The summed E-state index contributed by atoms with van der Waals surface area (Å²) in [5.74, 6) is 0.393. The van der Waals surface area contributed by atoms with E-state index in [1.807, 2.05) is 32.0 Å². The Morgan fingerprint density at radius 1 is 1.33 bits per heavy atom. The fraction of sp³-hybridized carbons (Fsp3) is 0.467. The second-order valence-corrected chi connectivity index (χ2v) is 5.38. The molecule has 1 N–H and O–H groups in total. The van der Waals surface area contributed by atoms with E-state index in [4.69, 9.17) is 4.74 Å². The SMILES string of the molecule is Cc1ccc(OCC(O)CN2C(=O)CN(C)C2=O)c(C)c1. The highest BCUT2D eigenvalue weighted by atomic mass is 16.5. The Kier molecular flexibility index (Phi) is 4.47. The lowest BCUT2D eigenvalue weighted by Gasteiger charge is -2.19. The Balaban J connectivity index is 1.89. The van der Waals surface area contributed by atoms with Crippen molar-refractivity contribution in [2.75, 3.05) is 26.7 Å². The van der Waals surface area contributed by atoms with Crippen LogP contribution >= 0.6 is 0 Å². The van der Waals surface area contributed by atoms with Crippen LogP contribution in [0.15, 0.2) is 18.2 Å². The van der Waals surface area contributed by atoms with Gasteiger partial charge in [0.2, 0.25) is 5.91 Å². The first-order chi connectivity index (χ1) is 9.88. The molecule has 1 aromatic carbocycles. The molecule has 2 rings (SSSR count). The van der Waals surface area contributed by atoms with E-state index in [1.165, 1.54) is 4.90 Å². The lowest BCUT2D eigenvalue weighted by Crippen LogP contribution is -2.40. The summed E-state index contributed by atoms with van der Waals surface area (Å²) in [4.78, 5) is 25.7. The minimum Gasteiger partial charge on any atom is -0.491 e. The van der Waals surface area contributed by atoms with Gasteiger partial charge in [-0.25, -0.2) is 4.79 Å². The Morgan fingerprint density at radius 2 is 2.05 bits per heavy atom. The van der Waals surface area contributed by atoms with E-state index in [1.54, 1.807) is 7.05 Å². The van der Waals surface area contributed by atoms with Crippen LogP contribution in [0.5, 0.6) is 5.75 Å². The van der Waals surface area contributed by atoms with Gasteiger partial charge >= 0.3 is 6.03 Å². The van der Waals surface area contributed by atoms with Crippen molar-refractivity contribution < 1.29 is 19.4 Å². The predicted molar refractivity (Wildman–Crippen MR) is 77.2 cm³/mol. The van der Waals surface area contributed by atoms with E-state index in [0.29, 0.717) is 5.75 Å². The normalized spacial score (nSPS) is 16.6. The summed E-state index contributed by atoms with van der Waals surface area (Å²) >= 11 is 0. The molecule has 1 heterocycles. The predicted octanol–water partition coefficient (Wildman–Crippen LogP) is 0.937. The van der Waals surface area contributed by atoms with Gasteiger partial charge in [-0.3, -0.25) is 9.69 Å². The van der Waals surface area contributed by atoms with Gasteiger partial charge in [-0.15, -0.1) is 0 Å². The van der Waals surface area contributed by atoms with Gasteiger partial charge in [-0.1, -0.05) is 17.7 Å². The van der Waals surface area contributed by atoms with Gasteiger partial charge in [-0.05, 0) is 25.5 Å². The Labute approximate surface area is 123 Å². The highest BCUT2D eigenvalue weighted by Gasteiger charge is 2.34. The number of aliphatic hydroxyl groups is 1. The number of amides is 3. The van der Waals surface area contributed by atoms with Crippen LogP contribution in [0.3, 0.4) is 0 Å². The summed E-state index contributed by atoms with van der Waals surface area (Å²) < 4.78 is 5.55. The third-order valence-corrected chi connectivity index (χ3v) is 3.39. The molecule has 1 aliphatic heterocycles.